The fourth-order valence-corrected chi connectivity index (χ4v) is 4.76. The molecule has 94 valence electrons. The first-order valence-electron chi connectivity index (χ1n) is 6.64. The van der Waals surface area contributed by atoms with Crippen molar-refractivity contribution in [2.45, 2.75) is 50.5 Å². The van der Waals surface area contributed by atoms with Gasteiger partial charge in [-0.15, -0.1) is 0 Å². The molecule has 0 aromatic heterocycles. The fraction of sp³-hybridized carbons (Fsp3) is 0.846. The second kappa shape index (κ2) is 3.72. The van der Waals surface area contributed by atoms with Crippen molar-refractivity contribution in [3.63, 3.8) is 0 Å². The first-order valence-corrected chi connectivity index (χ1v) is 6.64. The molecule has 0 aliphatic heterocycles. The molecule has 2 amide bonds. The molecule has 0 aromatic rings. The summed E-state index contributed by atoms with van der Waals surface area (Å²) in [4.78, 5) is 22.5. The van der Waals surface area contributed by atoms with E-state index in [1.165, 1.54) is 19.3 Å². The van der Waals surface area contributed by atoms with Gasteiger partial charge in [-0.3, -0.25) is 9.59 Å². The molecule has 0 unspecified atom stereocenters. The summed E-state index contributed by atoms with van der Waals surface area (Å²) in [6, 6.07) is 0. The van der Waals surface area contributed by atoms with E-state index in [0.29, 0.717) is 0 Å². The largest absolute Gasteiger partial charge is 0.369 e. The number of rotatable bonds is 3. The van der Waals surface area contributed by atoms with Crippen molar-refractivity contribution in [2.75, 3.05) is 0 Å². The number of primary amides is 1. The van der Waals surface area contributed by atoms with E-state index in [9.17, 15) is 9.59 Å². The van der Waals surface area contributed by atoms with Gasteiger partial charge in [-0.05, 0) is 56.3 Å². The normalized spacial score (nSPS) is 42.5. The molecule has 0 spiro atoms. The van der Waals surface area contributed by atoms with E-state index >= 15 is 0 Å². The van der Waals surface area contributed by atoms with Crippen molar-refractivity contribution in [1.29, 1.82) is 0 Å². The van der Waals surface area contributed by atoms with Crippen LogP contribution in [0.3, 0.4) is 0 Å². The van der Waals surface area contributed by atoms with Crippen molar-refractivity contribution >= 4 is 11.8 Å². The third kappa shape index (κ3) is 2.05. The average Bonchev–Trinajstić information content (AvgIpc) is 2.11. The SMILES string of the molecule is NC(=O)CC(=O)NC12CC3CC(CC(C3)C1)C2. The van der Waals surface area contributed by atoms with Crippen LogP contribution >= 0.6 is 0 Å². The summed E-state index contributed by atoms with van der Waals surface area (Å²) >= 11 is 0. The quantitative estimate of drug-likeness (QED) is 0.716. The first kappa shape index (κ1) is 11.1. The average molecular weight is 236 g/mol. The predicted octanol–water partition coefficient (Wildman–Crippen LogP) is 0.947. The summed E-state index contributed by atoms with van der Waals surface area (Å²) in [5.41, 5.74) is 5.06. The summed E-state index contributed by atoms with van der Waals surface area (Å²) < 4.78 is 0. The minimum atomic E-state index is -0.535. The summed E-state index contributed by atoms with van der Waals surface area (Å²) in [5.74, 6) is 1.69. The molecule has 0 aromatic carbocycles. The Kier molecular flexibility index (Phi) is 2.42. The molecule has 4 heteroatoms. The lowest BCUT2D eigenvalue weighted by Crippen LogP contribution is -2.60. The molecule has 4 fully saturated rings. The Balaban J connectivity index is 1.70. The van der Waals surface area contributed by atoms with Gasteiger partial charge in [0.1, 0.15) is 6.42 Å². The highest BCUT2D eigenvalue weighted by Gasteiger charge is 2.51. The Morgan fingerprint density at radius 2 is 1.53 bits per heavy atom. The fourth-order valence-electron chi connectivity index (χ4n) is 4.76. The van der Waals surface area contributed by atoms with Crippen LogP contribution in [0.25, 0.3) is 0 Å². The molecule has 4 bridgehead atoms. The van der Waals surface area contributed by atoms with Gasteiger partial charge < -0.3 is 11.1 Å². The Hall–Kier alpha value is -1.06. The van der Waals surface area contributed by atoms with E-state index in [-0.39, 0.29) is 17.9 Å². The van der Waals surface area contributed by atoms with Crippen LogP contribution in [0.15, 0.2) is 0 Å². The Bertz CT molecular complexity index is 329. The Labute approximate surface area is 101 Å². The number of carbonyl (C=O) groups is 2. The first-order chi connectivity index (χ1) is 8.05. The van der Waals surface area contributed by atoms with Gasteiger partial charge in [0.05, 0.1) is 0 Å². The molecule has 4 rings (SSSR count). The molecule has 4 saturated carbocycles. The van der Waals surface area contributed by atoms with Gasteiger partial charge in [-0.25, -0.2) is 0 Å². The highest BCUT2D eigenvalue weighted by atomic mass is 16.2. The van der Waals surface area contributed by atoms with Gasteiger partial charge in [-0.2, -0.15) is 0 Å². The van der Waals surface area contributed by atoms with Crippen molar-refractivity contribution in [2.24, 2.45) is 23.5 Å². The third-order valence-electron chi connectivity index (χ3n) is 4.78. The van der Waals surface area contributed by atoms with Gasteiger partial charge in [0.15, 0.2) is 0 Å². The van der Waals surface area contributed by atoms with Gasteiger partial charge in [0, 0.05) is 5.54 Å². The van der Waals surface area contributed by atoms with Crippen LogP contribution in [0.1, 0.15) is 44.9 Å². The zero-order chi connectivity index (χ0) is 12.0. The van der Waals surface area contributed by atoms with Crippen molar-refractivity contribution in [3.05, 3.63) is 0 Å². The molecular weight excluding hydrogens is 216 g/mol. The van der Waals surface area contributed by atoms with Gasteiger partial charge in [0.2, 0.25) is 11.8 Å². The summed E-state index contributed by atoms with van der Waals surface area (Å²) in [6.07, 6.45) is 7.24. The van der Waals surface area contributed by atoms with E-state index < -0.39 is 5.91 Å². The molecule has 0 saturated heterocycles. The van der Waals surface area contributed by atoms with Crippen LogP contribution < -0.4 is 11.1 Å². The van der Waals surface area contributed by atoms with Gasteiger partial charge in [0.25, 0.3) is 0 Å². The summed E-state index contributed by atoms with van der Waals surface area (Å²) in [6.45, 7) is 0. The number of amides is 2. The lowest BCUT2D eigenvalue weighted by atomic mass is 9.53. The molecular formula is C13H20N2O2. The highest BCUT2D eigenvalue weighted by molar-refractivity contribution is 5.96. The second-order valence-corrected chi connectivity index (χ2v) is 6.39. The van der Waals surface area contributed by atoms with Crippen LogP contribution in [-0.2, 0) is 9.59 Å². The Morgan fingerprint density at radius 3 is 1.94 bits per heavy atom. The van der Waals surface area contributed by atoms with Crippen LogP contribution in [0, 0.1) is 17.8 Å². The minimum absolute atomic E-state index is 0.00127. The van der Waals surface area contributed by atoms with Crippen LogP contribution in [0.5, 0.6) is 0 Å². The second-order valence-electron chi connectivity index (χ2n) is 6.39. The zero-order valence-corrected chi connectivity index (χ0v) is 10.1. The molecule has 4 aliphatic carbocycles. The number of nitrogens with one attached hydrogen (secondary N) is 1. The topological polar surface area (TPSA) is 72.2 Å². The van der Waals surface area contributed by atoms with E-state index in [0.717, 1.165) is 37.0 Å². The maximum Gasteiger partial charge on any atom is 0.229 e. The summed E-state index contributed by atoms with van der Waals surface area (Å²) in [7, 11) is 0. The maximum absolute atomic E-state index is 11.7. The number of carbonyl (C=O) groups excluding carboxylic acids is 2. The van der Waals surface area contributed by atoms with Crippen LogP contribution in [0.2, 0.25) is 0 Å². The standard InChI is InChI=1S/C13H20N2O2/c14-11(16)4-12(17)15-13-5-8-1-9(6-13)3-10(2-8)7-13/h8-10H,1-7H2,(H2,14,16)(H,15,17). The van der Waals surface area contributed by atoms with Crippen molar-refractivity contribution < 1.29 is 9.59 Å². The Morgan fingerprint density at radius 1 is 1.06 bits per heavy atom. The number of hydrogen-bond acceptors (Lipinski definition) is 2. The van der Waals surface area contributed by atoms with Gasteiger partial charge in [-0.1, -0.05) is 0 Å². The van der Waals surface area contributed by atoms with E-state index in [2.05, 4.69) is 5.32 Å². The molecule has 0 radical (unpaired) electrons. The van der Waals surface area contributed by atoms with Crippen molar-refractivity contribution in [1.82, 2.24) is 5.32 Å². The van der Waals surface area contributed by atoms with E-state index in [1.807, 2.05) is 0 Å². The molecule has 3 N–H and O–H groups in total. The number of nitrogens with two attached hydrogens (primary N) is 1. The minimum Gasteiger partial charge on any atom is -0.369 e. The lowest BCUT2D eigenvalue weighted by Gasteiger charge is -2.56. The molecule has 4 aliphatic rings. The van der Waals surface area contributed by atoms with Crippen molar-refractivity contribution in [3.8, 4) is 0 Å². The smallest absolute Gasteiger partial charge is 0.229 e. The van der Waals surface area contributed by atoms with Gasteiger partial charge >= 0.3 is 0 Å². The number of hydrogen-bond donors (Lipinski definition) is 2. The van der Waals surface area contributed by atoms with Crippen LogP contribution in [0.4, 0.5) is 0 Å². The maximum atomic E-state index is 11.7. The van der Waals surface area contributed by atoms with Crippen LogP contribution in [-0.4, -0.2) is 17.4 Å². The third-order valence-corrected chi connectivity index (χ3v) is 4.78. The molecule has 17 heavy (non-hydrogen) atoms. The molecule has 4 nitrogen and oxygen atoms in total. The monoisotopic (exact) mass is 236 g/mol. The lowest BCUT2D eigenvalue weighted by molar-refractivity contribution is -0.131. The molecule has 0 heterocycles. The van der Waals surface area contributed by atoms with E-state index in [1.54, 1.807) is 0 Å². The highest BCUT2D eigenvalue weighted by Crippen LogP contribution is 2.55. The molecule has 0 atom stereocenters. The summed E-state index contributed by atoms with van der Waals surface area (Å²) in [5, 5.41) is 3.12. The van der Waals surface area contributed by atoms with E-state index in [4.69, 9.17) is 5.73 Å². The predicted molar refractivity (Wildman–Crippen MR) is 62.9 cm³/mol. The zero-order valence-electron chi connectivity index (χ0n) is 10.1.